The molecule has 0 unspecified atom stereocenters. The van der Waals surface area contributed by atoms with Gasteiger partial charge in [0.25, 0.3) is 0 Å². The van der Waals surface area contributed by atoms with Crippen molar-refractivity contribution in [2.24, 2.45) is 0 Å². The second-order valence-electron chi connectivity index (χ2n) is 5.88. The average Bonchev–Trinajstić information content (AvgIpc) is 2.59. The molecule has 2 N–H and O–H groups in total. The van der Waals surface area contributed by atoms with Crippen molar-refractivity contribution >= 4 is 17.5 Å². The molecule has 0 aliphatic rings. The number of para-hydroxylation sites is 1. The van der Waals surface area contributed by atoms with Crippen molar-refractivity contribution in [3.05, 3.63) is 59.2 Å². The maximum atomic E-state index is 12.0. The molecule has 0 atom stereocenters. The van der Waals surface area contributed by atoms with Gasteiger partial charge in [-0.1, -0.05) is 30.3 Å². The Kier molecular flexibility index (Phi) is 6.57. The lowest BCUT2D eigenvalue weighted by atomic mass is 10.1. The number of methoxy groups -OCH3 is 1. The van der Waals surface area contributed by atoms with E-state index < -0.39 is 0 Å². The predicted molar refractivity (Wildman–Crippen MR) is 98.9 cm³/mol. The van der Waals surface area contributed by atoms with E-state index in [0.717, 1.165) is 28.1 Å². The summed E-state index contributed by atoms with van der Waals surface area (Å²) in [6.07, 6.45) is 0.452. The molecule has 0 heterocycles. The van der Waals surface area contributed by atoms with E-state index >= 15 is 0 Å². The number of benzene rings is 2. The summed E-state index contributed by atoms with van der Waals surface area (Å²) in [6, 6.07) is 13.4. The van der Waals surface area contributed by atoms with Crippen molar-refractivity contribution in [1.82, 2.24) is 5.32 Å². The van der Waals surface area contributed by atoms with Crippen LogP contribution in [0.4, 0.5) is 5.69 Å². The fourth-order valence-corrected chi connectivity index (χ4v) is 2.54. The van der Waals surface area contributed by atoms with Crippen LogP contribution in [0.2, 0.25) is 0 Å². The van der Waals surface area contributed by atoms with E-state index in [1.165, 1.54) is 0 Å². The van der Waals surface area contributed by atoms with Crippen LogP contribution >= 0.6 is 0 Å². The van der Waals surface area contributed by atoms with Crippen molar-refractivity contribution in [3.63, 3.8) is 0 Å². The van der Waals surface area contributed by atoms with Crippen LogP contribution in [0.5, 0.6) is 5.75 Å². The van der Waals surface area contributed by atoms with Gasteiger partial charge in [-0.25, -0.2) is 0 Å². The maximum Gasteiger partial charge on any atom is 0.233 e. The van der Waals surface area contributed by atoms with Crippen LogP contribution in [0, 0.1) is 13.8 Å². The van der Waals surface area contributed by atoms with Gasteiger partial charge in [0.1, 0.15) is 12.2 Å². The number of amides is 2. The Balaban J connectivity index is 1.80. The molecule has 5 nitrogen and oxygen atoms in total. The fourth-order valence-electron chi connectivity index (χ4n) is 2.54. The van der Waals surface area contributed by atoms with Crippen LogP contribution in [-0.2, 0) is 16.0 Å². The lowest BCUT2D eigenvalue weighted by Gasteiger charge is -2.11. The lowest BCUT2D eigenvalue weighted by molar-refractivity contribution is -0.126. The molecule has 0 aliphatic carbocycles. The molecule has 0 radical (unpaired) electrons. The van der Waals surface area contributed by atoms with E-state index in [4.69, 9.17) is 4.74 Å². The van der Waals surface area contributed by atoms with Crippen LogP contribution < -0.4 is 15.4 Å². The summed E-state index contributed by atoms with van der Waals surface area (Å²) in [5, 5.41) is 5.56. The normalized spacial score (nSPS) is 10.2. The van der Waals surface area contributed by atoms with Gasteiger partial charge in [-0.15, -0.1) is 0 Å². The highest BCUT2D eigenvalue weighted by Crippen LogP contribution is 2.18. The summed E-state index contributed by atoms with van der Waals surface area (Å²) in [6.45, 7) is 4.38. The second-order valence-corrected chi connectivity index (χ2v) is 5.88. The number of anilines is 1. The number of nitrogens with one attached hydrogen (secondary N) is 2. The lowest BCUT2D eigenvalue weighted by Crippen LogP contribution is -2.29. The summed E-state index contributed by atoms with van der Waals surface area (Å²) in [7, 11) is 1.62. The van der Waals surface area contributed by atoms with E-state index in [0.29, 0.717) is 13.0 Å². The Morgan fingerprint density at radius 2 is 1.76 bits per heavy atom. The minimum Gasteiger partial charge on any atom is -0.496 e. The minimum absolute atomic E-state index is 0.195. The van der Waals surface area contributed by atoms with Crippen LogP contribution in [0.3, 0.4) is 0 Å². The largest absolute Gasteiger partial charge is 0.496 e. The van der Waals surface area contributed by atoms with Gasteiger partial charge >= 0.3 is 0 Å². The summed E-state index contributed by atoms with van der Waals surface area (Å²) >= 11 is 0. The molecular formula is C20H24N2O3. The summed E-state index contributed by atoms with van der Waals surface area (Å²) in [4.78, 5) is 24.0. The first-order chi connectivity index (χ1) is 12.0. The molecule has 0 saturated heterocycles. The molecule has 0 spiro atoms. The standard InChI is InChI=1S/C20H24N2O3/c1-14-7-6-9-17(15(14)2)22-20(24)13-19(23)21-12-11-16-8-4-5-10-18(16)25-3/h4-10H,11-13H2,1-3H3,(H,21,23)(H,22,24). The quantitative estimate of drug-likeness (QED) is 0.762. The number of carbonyl (C=O) groups excluding carboxylic acids is 2. The first kappa shape index (κ1) is 18.5. The topological polar surface area (TPSA) is 67.4 Å². The molecule has 2 aromatic carbocycles. The molecule has 25 heavy (non-hydrogen) atoms. The van der Waals surface area contributed by atoms with E-state index in [1.54, 1.807) is 7.11 Å². The third-order valence-electron chi connectivity index (χ3n) is 4.11. The molecule has 2 rings (SSSR count). The molecule has 0 aromatic heterocycles. The SMILES string of the molecule is COc1ccccc1CCNC(=O)CC(=O)Nc1cccc(C)c1C. The van der Waals surface area contributed by atoms with Gasteiger partial charge in [0.05, 0.1) is 7.11 Å². The van der Waals surface area contributed by atoms with Gasteiger partial charge < -0.3 is 15.4 Å². The molecule has 0 saturated carbocycles. The van der Waals surface area contributed by atoms with Crippen molar-refractivity contribution < 1.29 is 14.3 Å². The number of ether oxygens (including phenoxy) is 1. The molecule has 0 aliphatic heterocycles. The predicted octanol–water partition coefficient (Wildman–Crippen LogP) is 3.00. The molecule has 2 aromatic rings. The summed E-state index contributed by atoms with van der Waals surface area (Å²) in [5.41, 5.74) is 3.86. The maximum absolute atomic E-state index is 12.0. The molecule has 5 heteroatoms. The van der Waals surface area contributed by atoms with Gasteiger partial charge in [0.15, 0.2) is 0 Å². The van der Waals surface area contributed by atoms with Crippen LogP contribution in [0.15, 0.2) is 42.5 Å². The Labute approximate surface area is 148 Å². The number of hydrogen-bond acceptors (Lipinski definition) is 3. The highest BCUT2D eigenvalue weighted by Gasteiger charge is 2.11. The molecule has 0 fully saturated rings. The van der Waals surface area contributed by atoms with Gasteiger partial charge in [-0.2, -0.15) is 0 Å². The highest BCUT2D eigenvalue weighted by molar-refractivity contribution is 6.03. The fraction of sp³-hybridized carbons (Fsp3) is 0.300. The zero-order valence-electron chi connectivity index (χ0n) is 14.9. The van der Waals surface area contributed by atoms with Gasteiger partial charge in [0, 0.05) is 12.2 Å². The zero-order chi connectivity index (χ0) is 18.2. The van der Waals surface area contributed by atoms with Crippen molar-refractivity contribution in [2.45, 2.75) is 26.7 Å². The summed E-state index contributed by atoms with van der Waals surface area (Å²) < 4.78 is 5.28. The molecule has 132 valence electrons. The van der Waals surface area contributed by atoms with Gasteiger partial charge in [0.2, 0.25) is 11.8 Å². The minimum atomic E-state index is -0.316. The Hall–Kier alpha value is -2.82. The van der Waals surface area contributed by atoms with Crippen LogP contribution in [0.25, 0.3) is 0 Å². The molecule has 2 amide bonds. The number of carbonyl (C=O) groups is 2. The first-order valence-corrected chi connectivity index (χ1v) is 8.26. The van der Waals surface area contributed by atoms with Gasteiger partial charge in [-0.3, -0.25) is 9.59 Å². The first-order valence-electron chi connectivity index (χ1n) is 8.26. The average molecular weight is 340 g/mol. The van der Waals surface area contributed by atoms with E-state index in [-0.39, 0.29) is 18.2 Å². The number of aryl methyl sites for hydroxylation is 1. The van der Waals surface area contributed by atoms with Crippen molar-refractivity contribution in [2.75, 3.05) is 19.0 Å². The van der Waals surface area contributed by atoms with Crippen molar-refractivity contribution in [3.8, 4) is 5.75 Å². The number of hydrogen-bond donors (Lipinski definition) is 2. The monoisotopic (exact) mass is 340 g/mol. The van der Waals surface area contributed by atoms with Crippen molar-refractivity contribution in [1.29, 1.82) is 0 Å². The molecular weight excluding hydrogens is 316 g/mol. The Morgan fingerprint density at radius 3 is 2.52 bits per heavy atom. The zero-order valence-corrected chi connectivity index (χ0v) is 14.9. The summed E-state index contributed by atoms with van der Waals surface area (Å²) in [5.74, 6) is 0.186. The van der Waals surface area contributed by atoms with Gasteiger partial charge in [-0.05, 0) is 49.1 Å². The van der Waals surface area contributed by atoms with E-state index in [1.807, 2.05) is 56.3 Å². The third-order valence-corrected chi connectivity index (χ3v) is 4.11. The Bertz CT molecular complexity index is 756. The van der Waals surface area contributed by atoms with Crippen LogP contribution in [-0.4, -0.2) is 25.5 Å². The number of rotatable bonds is 7. The van der Waals surface area contributed by atoms with E-state index in [9.17, 15) is 9.59 Å². The highest BCUT2D eigenvalue weighted by atomic mass is 16.5. The van der Waals surface area contributed by atoms with E-state index in [2.05, 4.69) is 10.6 Å². The smallest absolute Gasteiger partial charge is 0.233 e. The second kappa shape index (κ2) is 8.87. The third kappa shape index (κ3) is 5.35. The van der Waals surface area contributed by atoms with Crippen LogP contribution in [0.1, 0.15) is 23.1 Å². The Morgan fingerprint density at radius 1 is 1.00 bits per heavy atom. The molecule has 0 bridgehead atoms.